The highest BCUT2D eigenvalue weighted by Crippen LogP contribution is 2.17. The van der Waals surface area contributed by atoms with Gasteiger partial charge in [-0.3, -0.25) is 4.79 Å². The molecule has 1 saturated carbocycles. The van der Waals surface area contributed by atoms with E-state index in [-0.39, 0.29) is 18.0 Å². The number of benzene rings is 1. The standard InChI is InChI=1S/C15H22N2O2/c1-19-12-8-5-11(6-9-12)7-10-15(18)17-14-4-2-3-13(14)16/h5-6,8-9,13-14H,2-4,7,10,16H2,1H3,(H,17,18). The minimum absolute atomic E-state index is 0.0955. The predicted molar refractivity (Wildman–Crippen MR) is 75.1 cm³/mol. The molecule has 0 bridgehead atoms. The van der Waals surface area contributed by atoms with Crippen LogP contribution in [-0.2, 0) is 11.2 Å². The lowest BCUT2D eigenvalue weighted by atomic mass is 10.1. The van der Waals surface area contributed by atoms with E-state index in [9.17, 15) is 4.79 Å². The fourth-order valence-electron chi connectivity index (χ4n) is 2.50. The lowest BCUT2D eigenvalue weighted by Gasteiger charge is -2.17. The molecular formula is C15H22N2O2. The van der Waals surface area contributed by atoms with Crippen molar-refractivity contribution >= 4 is 5.91 Å². The van der Waals surface area contributed by atoms with Crippen molar-refractivity contribution in [1.29, 1.82) is 0 Å². The second kappa shape index (κ2) is 6.57. The van der Waals surface area contributed by atoms with Gasteiger partial charge >= 0.3 is 0 Å². The van der Waals surface area contributed by atoms with Crippen molar-refractivity contribution in [3.05, 3.63) is 29.8 Å². The first-order valence-electron chi connectivity index (χ1n) is 6.87. The summed E-state index contributed by atoms with van der Waals surface area (Å²) in [5.74, 6) is 0.934. The molecule has 104 valence electrons. The largest absolute Gasteiger partial charge is 0.497 e. The number of aryl methyl sites for hydroxylation is 1. The summed E-state index contributed by atoms with van der Waals surface area (Å²) in [5, 5.41) is 3.03. The number of carbonyl (C=O) groups is 1. The second-order valence-corrected chi connectivity index (χ2v) is 5.12. The summed E-state index contributed by atoms with van der Waals surface area (Å²) in [4.78, 5) is 11.8. The number of nitrogens with two attached hydrogens (primary N) is 1. The van der Waals surface area contributed by atoms with Crippen molar-refractivity contribution in [1.82, 2.24) is 5.32 Å². The van der Waals surface area contributed by atoms with Crippen molar-refractivity contribution in [2.75, 3.05) is 7.11 Å². The van der Waals surface area contributed by atoms with Crippen molar-refractivity contribution < 1.29 is 9.53 Å². The molecule has 0 heterocycles. The summed E-state index contributed by atoms with van der Waals surface area (Å²) in [5.41, 5.74) is 7.08. The zero-order valence-corrected chi connectivity index (χ0v) is 11.4. The van der Waals surface area contributed by atoms with Crippen molar-refractivity contribution in [2.24, 2.45) is 5.73 Å². The van der Waals surface area contributed by atoms with Crippen molar-refractivity contribution in [3.63, 3.8) is 0 Å². The number of nitrogens with one attached hydrogen (secondary N) is 1. The first kappa shape index (κ1) is 13.9. The van der Waals surface area contributed by atoms with E-state index in [1.54, 1.807) is 7.11 Å². The summed E-state index contributed by atoms with van der Waals surface area (Å²) in [6.45, 7) is 0. The van der Waals surface area contributed by atoms with Gasteiger partial charge in [0, 0.05) is 18.5 Å². The summed E-state index contributed by atoms with van der Waals surface area (Å²) in [7, 11) is 1.65. The molecule has 2 unspecified atom stereocenters. The third-order valence-corrected chi connectivity index (χ3v) is 3.72. The average Bonchev–Trinajstić information content (AvgIpc) is 2.82. The van der Waals surface area contributed by atoms with E-state index in [2.05, 4.69) is 5.32 Å². The topological polar surface area (TPSA) is 64.3 Å². The van der Waals surface area contributed by atoms with E-state index in [0.717, 1.165) is 37.0 Å². The Morgan fingerprint density at radius 2 is 2.11 bits per heavy atom. The van der Waals surface area contributed by atoms with Crippen LogP contribution in [0.2, 0.25) is 0 Å². The van der Waals surface area contributed by atoms with Gasteiger partial charge in [-0.1, -0.05) is 12.1 Å². The zero-order valence-electron chi connectivity index (χ0n) is 11.4. The van der Waals surface area contributed by atoms with E-state index < -0.39 is 0 Å². The van der Waals surface area contributed by atoms with Crippen LogP contribution in [0.1, 0.15) is 31.2 Å². The Balaban J connectivity index is 1.76. The molecule has 1 aromatic carbocycles. The normalized spacial score (nSPS) is 22.2. The van der Waals surface area contributed by atoms with Gasteiger partial charge in [0.2, 0.25) is 5.91 Å². The number of carbonyl (C=O) groups excluding carboxylic acids is 1. The number of methoxy groups -OCH3 is 1. The molecule has 0 spiro atoms. The maximum Gasteiger partial charge on any atom is 0.220 e. The molecule has 4 nitrogen and oxygen atoms in total. The van der Waals surface area contributed by atoms with Crippen LogP contribution in [0.5, 0.6) is 5.75 Å². The molecule has 3 N–H and O–H groups in total. The minimum atomic E-state index is 0.0955. The molecule has 1 aromatic rings. The quantitative estimate of drug-likeness (QED) is 0.847. The maximum absolute atomic E-state index is 11.8. The van der Waals surface area contributed by atoms with Crippen LogP contribution in [0.4, 0.5) is 0 Å². The SMILES string of the molecule is COc1ccc(CCC(=O)NC2CCCC2N)cc1. The number of hydrogen-bond acceptors (Lipinski definition) is 3. The third kappa shape index (κ3) is 3.96. The number of rotatable bonds is 5. The van der Waals surface area contributed by atoms with Gasteiger partial charge in [0.1, 0.15) is 5.75 Å². The van der Waals surface area contributed by atoms with Crippen LogP contribution in [0, 0.1) is 0 Å². The van der Waals surface area contributed by atoms with Crippen LogP contribution in [0.15, 0.2) is 24.3 Å². The average molecular weight is 262 g/mol. The second-order valence-electron chi connectivity index (χ2n) is 5.12. The smallest absolute Gasteiger partial charge is 0.220 e. The van der Waals surface area contributed by atoms with Gasteiger partial charge in [-0.2, -0.15) is 0 Å². The van der Waals surface area contributed by atoms with Crippen LogP contribution in [0.25, 0.3) is 0 Å². The molecule has 1 aliphatic rings. The van der Waals surface area contributed by atoms with Gasteiger partial charge in [0.15, 0.2) is 0 Å². The van der Waals surface area contributed by atoms with Gasteiger partial charge in [0.05, 0.1) is 7.11 Å². The Labute approximate surface area is 114 Å². The fourth-order valence-corrected chi connectivity index (χ4v) is 2.50. The van der Waals surface area contributed by atoms with E-state index in [1.807, 2.05) is 24.3 Å². The number of hydrogen-bond donors (Lipinski definition) is 2. The van der Waals surface area contributed by atoms with Crippen LogP contribution < -0.4 is 15.8 Å². The molecule has 0 radical (unpaired) electrons. The van der Waals surface area contributed by atoms with Gasteiger partial charge in [-0.15, -0.1) is 0 Å². The molecule has 19 heavy (non-hydrogen) atoms. The summed E-state index contributed by atoms with van der Waals surface area (Å²) in [6, 6.07) is 8.12. The Morgan fingerprint density at radius 3 is 2.68 bits per heavy atom. The lowest BCUT2D eigenvalue weighted by molar-refractivity contribution is -0.121. The lowest BCUT2D eigenvalue weighted by Crippen LogP contribution is -2.44. The fraction of sp³-hybridized carbons (Fsp3) is 0.533. The maximum atomic E-state index is 11.8. The van der Waals surface area contributed by atoms with E-state index in [0.29, 0.717) is 6.42 Å². The Hall–Kier alpha value is -1.55. The first-order chi connectivity index (χ1) is 9.19. The highest BCUT2D eigenvalue weighted by atomic mass is 16.5. The van der Waals surface area contributed by atoms with Gasteiger partial charge in [-0.05, 0) is 43.4 Å². The first-order valence-corrected chi connectivity index (χ1v) is 6.87. The molecule has 0 aliphatic heterocycles. The zero-order chi connectivity index (χ0) is 13.7. The van der Waals surface area contributed by atoms with E-state index >= 15 is 0 Å². The molecule has 1 amide bonds. The van der Waals surface area contributed by atoms with Crippen LogP contribution in [-0.4, -0.2) is 25.1 Å². The Kier molecular flexibility index (Phi) is 4.80. The summed E-state index contributed by atoms with van der Waals surface area (Å²) in [6.07, 6.45) is 4.40. The molecule has 0 saturated heterocycles. The van der Waals surface area contributed by atoms with Crippen LogP contribution in [0.3, 0.4) is 0 Å². The summed E-state index contributed by atoms with van der Waals surface area (Å²) < 4.78 is 5.10. The van der Waals surface area contributed by atoms with Crippen LogP contribution >= 0.6 is 0 Å². The predicted octanol–water partition coefficient (Wildman–Crippen LogP) is 1.62. The van der Waals surface area contributed by atoms with E-state index in [1.165, 1.54) is 0 Å². The van der Waals surface area contributed by atoms with Crippen molar-refractivity contribution in [3.8, 4) is 5.75 Å². The minimum Gasteiger partial charge on any atom is -0.497 e. The highest BCUT2D eigenvalue weighted by Gasteiger charge is 2.24. The Bertz CT molecular complexity index is 417. The molecule has 0 aromatic heterocycles. The van der Waals surface area contributed by atoms with Gasteiger partial charge in [0.25, 0.3) is 0 Å². The monoisotopic (exact) mass is 262 g/mol. The molecule has 1 aliphatic carbocycles. The van der Waals surface area contributed by atoms with Crippen molar-refractivity contribution in [2.45, 2.75) is 44.2 Å². The molecule has 4 heteroatoms. The Morgan fingerprint density at radius 1 is 1.37 bits per heavy atom. The molecule has 2 rings (SSSR count). The van der Waals surface area contributed by atoms with Gasteiger partial charge in [-0.25, -0.2) is 0 Å². The third-order valence-electron chi connectivity index (χ3n) is 3.72. The molecule has 1 fully saturated rings. The summed E-state index contributed by atoms with van der Waals surface area (Å²) >= 11 is 0. The number of ether oxygens (including phenoxy) is 1. The number of amides is 1. The highest BCUT2D eigenvalue weighted by molar-refractivity contribution is 5.76. The molecule has 2 atom stereocenters. The van der Waals surface area contributed by atoms with E-state index in [4.69, 9.17) is 10.5 Å². The molecular weight excluding hydrogens is 240 g/mol. The van der Waals surface area contributed by atoms with Gasteiger partial charge < -0.3 is 15.8 Å².